The van der Waals surface area contributed by atoms with Crippen LogP contribution in [-0.4, -0.2) is 14.2 Å². The van der Waals surface area contributed by atoms with E-state index in [1.807, 2.05) is 26.0 Å². The molecule has 0 unspecified atom stereocenters. The molecule has 0 bridgehead atoms. The molecule has 0 aliphatic heterocycles. The summed E-state index contributed by atoms with van der Waals surface area (Å²) in [5, 5.41) is 0. The number of hydrogen-bond donors (Lipinski definition) is 2. The van der Waals surface area contributed by atoms with Gasteiger partial charge in [-0.05, 0) is 30.5 Å². The van der Waals surface area contributed by atoms with Crippen LogP contribution in [0.25, 0.3) is 0 Å². The lowest BCUT2D eigenvalue weighted by Crippen LogP contribution is -2.17. The molecule has 0 amide bonds. The lowest BCUT2D eigenvalue weighted by Gasteiger charge is -2.11. The fraction of sp³-hybridized carbons (Fsp3) is 0.455. The number of sulfonamides is 1. The molecule has 1 rings (SSSR count). The fourth-order valence-corrected chi connectivity index (χ4v) is 2.59. The summed E-state index contributed by atoms with van der Waals surface area (Å²) in [4.78, 5) is 0. The molecule has 3 N–H and O–H groups in total. The SMILES string of the molecule is CCCS(=O)(=O)Nc1cc(CN)ccc1C. The molecule has 1 aromatic carbocycles. The highest BCUT2D eigenvalue weighted by Crippen LogP contribution is 2.18. The first kappa shape index (κ1) is 13.0. The summed E-state index contributed by atoms with van der Waals surface area (Å²) in [5.41, 5.74) is 7.95. The first-order valence-corrected chi connectivity index (χ1v) is 6.94. The Morgan fingerprint density at radius 2 is 2.06 bits per heavy atom. The third kappa shape index (κ3) is 3.50. The Labute approximate surface area is 96.9 Å². The molecule has 0 fully saturated rings. The molecule has 0 spiro atoms. The van der Waals surface area contributed by atoms with Crippen molar-refractivity contribution in [2.24, 2.45) is 5.73 Å². The van der Waals surface area contributed by atoms with E-state index in [-0.39, 0.29) is 5.75 Å². The van der Waals surface area contributed by atoms with Crippen molar-refractivity contribution in [2.45, 2.75) is 26.8 Å². The Balaban J connectivity index is 2.96. The molecular weight excluding hydrogens is 224 g/mol. The second-order valence-corrected chi connectivity index (χ2v) is 5.62. The minimum Gasteiger partial charge on any atom is -0.326 e. The number of anilines is 1. The van der Waals surface area contributed by atoms with Crippen molar-refractivity contribution >= 4 is 15.7 Å². The van der Waals surface area contributed by atoms with Crippen LogP contribution in [0.3, 0.4) is 0 Å². The number of nitrogens with one attached hydrogen (secondary N) is 1. The summed E-state index contributed by atoms with van der Waals surface area (Å²) in [5.74, 6) is 0.138. The number of nitrogens with two attached hydrogens (primary N) is 1. The van der Waals surface area contributed by atoms with Gasteiger partial charge in [0.2, 0.25) is 10.0 Å². The molecule has 0 aromatic heterocycles. The summed E-state index contributed by atoms with van der Waals surface area (Å²) in [6, 6.07) is 5.54. The highest BCUT2D eigenvalue weighted by Gasteiger charge is 2.10. The van der Waals surface area contributed by atoms with Crippen molar-refractivity contribution in [1.29, 1.82) is 0 Å². The quantitative estimate of drug-likeness (QED) is 0.824. The van der Waals surface area contributed by atoms with Gasteiger partial charge in [-0.3, -0.25) is 4.72 Å². The topological polar surface area (TPSA) is 72.2 Å². The number of benzene rings is 1. The second-order valence-electron chi connectivity index (χ2n) is 3.77. The Morgan fingerprint density at radius 3 is 2.62 bits per heavy atom. The zero-order chi connectivity index (χ0) is 12.2. The van der Waals surface area contributed by atoms with Crippen LogP contribution in [0.1, 0.15) is 24.5 Å². The van der Waals surface area contributed by atoms with E-state index in [2.05, 4.69) is 4.72 Å². The lowest BCUT2D eigenvalue weighted by molar-refractivity contribution is 0.600. The Kier molecular flexibility index (Phi) is 4.32. The molecule has 0 aliphatic rings. The van der Waals surface area contributed by atoms with Gasteiger partial charge in [-0.25, -0.2) is 8.42 Å². The first-order valence-electron chi connectivity index (χ1n) is 5.28. The van der Waals surface area contributed by atoms with E-state index in [9.17, 15) is 8.42 Å². The Morgan fingerprint density at radius 1 is 1.38 bits per heavy atom. The molecule has 0 saturated heterocycles. The molecule has 1 aromatic rings. The Hall–Kier alpha value is -1.07. The van der Waals surface area contributed by atoms with Crippen molar-refractivity contribution in [3.63, 3.8) is 0 Å². The standard InChI is InChI=1S/C11H18N2O2S/c1-3-6-16(14,15)13-11-7-10(8-12)5-4-9(11)2/h4-5,7,13H,3,6,8,12H2,1-2H3. The maximum atomic E-state index is 11.6. The van der Waals surface area contributed by atoms with Crippen LogP contribution in [0.4, 0.5) is 5.69 Å². The van der Waals surface area contributed by atoms with E-state index >= 15 is 0 Å². The minimum absolute atomic E-state index is 0.138. The van der Waals surface area contributed by atoms with Gasteiger partial charge in [0.1, 0.15) is 0 Å². The van der Waals surface area contributed by atoms with E-state index in [0.717, 1.165) is 11.1 Å². The lowest BCUT2D eigenvalue weighted by atomic mass is 10.1. The van der Waals surface area contributed by atoms with E-state index < -0.39 is 10.0 Å². The molecule has 16 heavy (non-hydrogen) atoms. The first-order chi connectivity index (χ1) is 7.48. The van der Waals surface area contributed by atoms with E-state index in [4.69, 9.17) is 5.73 Å². The van der Waals surface area contributed by atoms with Crippen LogP contribution in [0.5, 0.6) is 0 Å². The minimum atomic E-state index is -3.22. The maximum Gasteiger partial charge on any atom is 0.232 e. The smallest absolute Gasteiger partial charge is 0.232 e. The zero-order valence-corrected chi connectivity index (χ0v) is 10.5. The van der Waals surface area contributed by atoms with Crippen molar-refractivity contribution in [1.82, 2.24) is 0 Å². The molecule has 0 heterocycles. The van der Waals surface area contributed by atoms with Gasteiger partial charge in [-0.1, -0.05) is 19.1 Å². The van der Waals surface area contributed by atoms with Gasteiger partial charge in [0.05, 0.1) is 11.4 Å². The van der Waals surface area contributed by atoms with E-state index in [0.29, 0.717) is 18.7 Å². The van der Waals surface area contributed by atoms with Gasteiger partial charge in [0, 0.05) is 6.54 Å². The van der Waals surface area contributed by atoms with Gasteiger partial charge >= 0.3 is 0 Å². The van der Waals surface area contributed by atoms with Crippen LogP contribution in [-0.2, 0) is 16.6 Å². The third-order valence-corrected chi connectivity index (χ3v) is 3.75. The summed E-state index contributed by atoms with van der Waals surface area (Å²) >= 11 is 0. The fourth-order valence-electron chi connectivity index (χ4n) is 1.39. The van der Waals surface area contributed by atoms with Crippen molar-refractivity contribution in [2.75, 3.05) is 10.5 Å². The maximum absolute atomic E-state index is 11.6. The molecular formula is C11H18N2O2S. The van der Waals surface area contributed by atoms with Gasteiger partial charge in [-0.15, -0.1) is 0 Å². The van der Waals surface area contributed by atoms with Gasteiger partial charge in [0.15, 0.2) is 0 Å². The van der Waals surface area contributed by atoms with Crippen LogP contribution in [0.2, 0.25) is 0 Å². The molecule has 5 heteroatoms. The average Bonchev–Trinajstić information content (AvgIpc) is 2.21. The van der Waals surface area contributed by atoms with Crippen molar-refractivity contribution in [3.8, 4) is 0 Å². The summed E-state index contributed by atoms with van der Waals surface area (Å²) in [7, 11) is -3.22. The van der Waals surface area contributed by atoms with E-state index in [1.165, 1.54) is 0 Å². The van der Waals surface area contributed by atoms with Crippen molar-refractivity contribution in [3.05, 3.63) is 29.3 Å². The van der Waals surface area contributed by atoms with Crippen LogP contribution >= 0.6 is 0 Å². The van der Waals surface area contributed by atoms with Crippen LogP contribution in [0, 0.1) is 6.92 Å². The summed E-state index contributed by atoms with van der Waals surface area (Å²) in [6.45, 7) is 4.11. The predicted octanol–water partition coefficient (Wildman–Crippen LogP) is 1.61. The molecule has 0 aliphatic carbocycles. The molecule has 4 nitrogen and oxygen atoms in total. The monoisotopic (exact) mass is 242 g/mol. The van der Waals surface area contributed by atoms with Gasteiger partial charge < -0.3 is 5.73 Å². The number of hydrogen-bond acceptors (Lipinski definition) is 3. The molecule has 90 valence electrons. The Bertz CT molecular complexity index is 455. The number of aryl methyl sites for hydroxylation is 1. The van der Waals surface area contributed by atoms with Gasteiger partial charge in [0.25, 0.3) is 0 Å². The van der Waals surface area contributed by atoms with E-state index in [1.54, 1.807) is 6.07 Å². The average molecular weight is 242 g/mol. The second kappa shape index (κ2) is 5.32. The highest BCUT2D eigenvalue weighted by atomic mass is 32.2. The molecule has 0 radical (unpaired) electrons. The predicted molar refractivity (Wildman–Crippen MR) is 66.8 cm³/mol. The summed E-state index contributed by atoms with van der Waals surface area (Å²) in [6.07, 6.45) is 0.602. The summed E-state index contributed by atoms with van der Waals surface area (Å²) < 4.78 is 25.8. The molecule has 0 saturated carbocycles. The zero-order valence-electron chi connectivity index (χ0n) is 9.66. The van der Waals surface area contributed by atoms with Crippen LogP contribution in [0.15, 0.2) is 18.2 Å². The normalized spacial score (nSPS) is 11.4. The number of rotatable bonds is 5. The largest absolute Gasteiger partial charge is 0.326 e. The van der Waals surface area contributed by atoms with Gasteiger partial charge in [-0.2, -0.15) is 0 Å². The highest BCUT2D eigenvalue weighted by molar-refractivity contribution is 7.92. The third-order valence-electron chi connectivity index (χ3n) is 2.28. The molecule has 0 atom stereocenters. The van der Waals surface area contributed by atoms with Crippen molar-refractivity contribution < 1.29 is 8.42 Å². The van der Waals surface area contributed by atoms with Crippen LogP contribution < -0.4 is 10.5 Å².